The zero-order chi connectivity index (χ0) is 9.14. The van der Waals surface area contributed by atoms with Crippen molar-refractivity contribution in [1.29, 1.82) is 0 Å². The van der Waals surface area contributed by atoms with Crippen LogP contribution in [0.5, 0.6) is 0 Å². The summed E-state index contributed by atoms with van der Waals surface area (Å²) in [5, 5.41) is 3.08. The summed E-state index contributed by atoms with van der Waals surface area (Å²) in [7, 11) is 1.89. The van der Waals surface area contributed by atoms with Crippen molar-refractivity contribution in [2.75, 3.05) is 12.4 Å². The van der Waals surface area contributed by atoms with Gasteiger partial charge in [0.05, 0.1) is 16.2 Å². The van der Waals surface area contributed by atoms with E-state index in [2.05, 4.69) is 68.1 Å². The molecule has 4 heteroatoms. The summed E-state index contributed by atoms with van der Waals surface area (Å²) in [6.45, 7) is 3.90. The van der Waals surface area contributed by atoms with Gasteiger partial charge in [-0.05, 0) is 51.2 Å². The molecule has 0 saturated carbocycles. The highest BCUT2D eigenvalue weighted by Gasteiger charge is 2.09. The smallest absolute Gasteiger partial charge is 0.277 e. The highest BCUT2D eigenvalue weighted by molar-refractivity contribution is 14.1. The summed E-state index contributed by atoms with van der Waals surface area (Å²) in [5.41, 5.74) is 1.13. The van der Waals surface area contributed by atoms with E-state index in [1.807, 2.05) is 13.2 Å². The Morgan fingerprint density at radius 3 is 2.83 bits per heavy atom. The van der Waals surface area contributed by atoms with Crippen LogP contribution in [0.15, 0.2) is 18.8 Å². The third kappa shape index (κ3) is 2.32. The number of hydrogen-bond acceptors (Lipinski definition) is 1. The highest BCUT2D eigenvalue weighted by atomic mass is 127. The van der Waals surface area contributed by atoms with E-state index in [9.17, 15) is 0 Å². The van der Waals surface area contributed by atoms with Crippen molar-refractivity contribution in [1.82, 2.24) is 0 Å². The summed E-state index contributed by atoms with van der Waals surface area (Å²) < 4.78 is 2.21. The molecule has 0 aliphatic carbocycles. The van der Waals surface area contributed by atoms with Crippen LogP contribution in [0.25, 0.3) is 3.58 Å². The van der Waals surface area contributed by atoms with Gasteiger partial charge in [-0.15, -0.1) is 0 Å². The van der Waals surface area contributed by atoms with E-state index in [0.717, 1.165) is 15.0 Å². The van der Waals surface area contributed by atoms with Crippen LogP contribution in [0.3, 0.4) is 0 Å². The largest absolute Gasteiger partial charge is 0.280 e. The molecule has 0 spiro atoms. The first kappa shape index (κ1) is 10.2. The highest BCUT2D eigenvalue weighted by Crippen LogP contribution is 2.24. The molecule has 64 valence electrons. The van der Waals surface area contributed by atoms with Gasteiger partial charge in [-0.1, -0.05) is 6.58 Å². The molecule has 0 fully saturated rings. The number of anilines is 1. The Labute approximate surface area is 99.1 Å². The molecule has 12 heavy (non-hydrogen) atoms. The summed E-state index contributed by atoms with van der Waals surface area (Å²) in [6, 6.07) is 2.09. The summed E-state index contributed by atoms with van der Waals surface area (Å²) in [6.07, 6.45) is 1.95. The average molecular weight is 387 g/mol. The molecule has 2 nitrogen and oxygen atoms in total. The number of aromatic nitrogens is 1. The maximum absolute atomic E-state index is 3.90. The monoisotopic (exact) mass is 387 g/mol. The van der Waals surface area contributed by atoms with Gasteiger partial charge < -0.3 is 0 Å². The van der Waals surface area contributed by atoms with Crippen LogP contribution in [0.2, 0.25) is 0 Å². The second-order valence-electron chi connectivity index (χ2n) is 2.26. The van der Waals surface area contributed by atoms with E-state index in [1.54, 1.807) is 0 Å². The molecule has 2 N–H and O–H groups in total. The normalized spacial score (nSPS) is 9.58. The fourth-order valence-corrected chi connectivity index (χ4v) is 1.78. The molecule has 0 bridgehead atoms. The predicted octanol–water partition coefficient (Wildman–Crippen LogP) is 2.55. The summed E-state index contributed by atoms with van der Waals surface area (Å²) in [5.74, 6) is 1.01. The first-order valence-electron chi connectivity index (χ1n) is 3.39. The van der Waals surface area contributed by atoms with Crippen molar-refractivity contribution in [3.63, 3.8) is 0 Å². The quantitative estimate of drug-likeness (QED) is 0.777. The van der Waals surface area contributed by atoms with E-state index in [0.29, 0.717) is 0 Å². The zero-order valence-electron chi connectivity index (χ0n) is 6.62. The van der Waals surface area contributed by atoms with Crippen LogP contribution in [-0.4, -0.2) is 7.05 Å². The van der Waals surface area contributed by atoms with Crippen molar-refractivity contribution < 1.29 is 4.98 Å². The van der Waals surface area contributed by atoms with Crippen molar-refractivity contribution >= 4 is 54.6 Å². The van der Waals surface area contributed by atoms with E-state index in [4.69, 9.17) is 0 Å². The number of halogens is 2. The first-order valence-corrected chi connectivity index (χ1v) is 5.54. The van der Waals surface area contributed by atoms with Gasteiger partial charge in [0, 0.05) is 3.58 Å². The molecule has 0 aromatic carbocycles. The van der Waals surface area contributed by atoms with Gasteiger partial charge in [0.15, 0.2) is 0 Å². The third-order valence-electron chi connectivity index (χ3n) is 1.45. The van der Waals surface area contributed by atoms with Gasteiger partial charge >= 0.3 is 0 Å². The summed E-state index contributed by atoms with van der Waals surface area (Å²) >= 11 is 4.48. The average Bonchev–Trinajstić information content (AvgIpc) is 2.04. The maximum atomic E-state index is 3.90. The van der Waals surface area contributed by atoms with Crippen molar-refractivity contribution in [2.45, 2.75) is 0 Å². The van der Waals surface area contributed by atoms with E-state index >= 15 is 0 Å². The molecule has 0 atom stereocenters. The number of nitrogens with one attached hydrogen (secondary N) is 2. The third-order valence-corrected chi connectivity index (χ3v) is 2.65. The molecule has 1 aromatic rings. The zero-order valence-corrected chi connectivity index (χ0v) is 10.9. The Morgan fingerprint density at radius 1 is 1.67 bits per heavy atom. The van der Waals surface area contributed by atoms with Gasteiger partial charge in [0.2, 0.25) is 0 Å². The lowest BCUT2D eigenvalue weighted by Gasteiger charge is -2.00. The molecule has 0 radical (unpaired) electrons. The molecule has 1 aromatic heterocycles. The van der Waals surface area contributed by atoms with Gasteiger partial charge in [-0.25, -0.2) is 4.98 Å². The molecule has 1 rings (SSSR count). The number of H-pyrrole nitrogens is 1. The van der Waals surface area contributed by atoms with E-state index < -0.39 is 0 Å². The topological polar surface area (TPSA) is 26.2 Å². The van der Waals surface area contributed by atoms with Gasteiger partial charge in [-0.2, -0.15) is 0 Å². The van der Waals surface area contributed by atoms with Crippen LogP contribution in [-0.2, 0) is 0 Å². The Kier molecular flexibility index (Phi) is 3.76. The van der Waals surface area contributed by atoms with Crippen LogP contribution in [0.4, 0.5) is 5.82 Å². The Balaban J connectivity index is 3.21. The fourth-order valence-electron chi connectivity index (χ4n) is 0.891. The molecular formula is C8H9I2N2+. The second-order valence-corrected chi connectivity index (χ2v) is 4.81. The lowest BCUT2D eigenvalue weighted by atomic mass is 10.2. The second kappa shape index (κ2) is 4.40. The molecule has 0 aliphatic rings. The Hall–Kier alpha value is 0.150. The predicted molar refractivity (Wildman–Crippen MR) is 68.3 cm³/mol. The SMILES string of the molecule is C=C(I)c1cc(I)c[nH+]c1NC. The van der Waals surface area contributed by atoms with Crippen LogP contribution in [0.1, 0.15) is 5.56 Å². The minimum Gasteiger partial charge on any atom is -0.277 e. The summed E-state index contributed by atoms with van der Waals surface area (Å²) in [4.78, 5) is 3.15. The number of rotatable bonds is 2. The first-order chi connectivity index (χ1) is 5.65. The molecule has 1 heterocycles. The van der Waals surface area contributed by atoms with Gasteiger partial charge in [-0.3, -0.25) is 5.32 Å². The molecule has 0 unspecified atom stereocenters. The number of aromatic amines is 1. The molecular weight excluding hydrogens is 378 g/mol. The minimum atomic E-state index is 1.01. The minimum absolute atomic E-state index is 1.01. The van der Waals surface area contributed by atoms with Crippen molar-refractivity contribution in [2.24, 2.45) is 0 Å². The lowest BCUT2D eigenvalue weighted by molar-refractivity contribution is -0.362. The van der Waals surface area contributed by atoms with Crippen molar-refractivity contribution in [3.05, 3.63) is 28.0 Å². The van der Waals surface area contributed by atoms with Gasteiger partial charge in [0.1, 0.15) is 6.20 Å². The number of pyridine rings is 1. The lowest BCUT2D eigenvalue weighted by Crippen LogP contribution is -2.12. The number of hydrogen-bond donors (Lipinski definition) is 1. The molecule has 0 aliphatic heterocycles. The maximum Gasteiger partial charge on any atom is 0.280 e. The molecule has 0 amide bonds. The fraction of sp³-hybridized carbons (Fsp3) is 0.125. The van der Waals surface area contributed by atoms with E-state index in [1.165, 1.54) is 3.57 Å². The Bertz CT molecular complexity index is 310. The van der Waals surface area contributed by atoms with Gasteiger partial charge in [0.25, 0.3) is 5.82 Å². The van der Waals surface area contributed by atoms with Crippen LogP contribution < -0.4 is 10.3 Å². The van der Waals surface area contributed by atoms with Crippen LogP contribution in [0, 0.1) is 3.57 Å². The van der Waals surface area contributed by atoms with Crippen LogP contribution >= 0.6 is 45.2 Å². The van der Waals surface area contributed by atoms with E-state index in [-0.39, 0.29) is 0 Å². The standard InChI is InChI=1S/C8H8I2N2/c1-5(9)7-3-6(10)4-12-8(7)11-2/h3-4H,1H2,2H3,(H,11,12)/p+1. The van der Waals surface area contributed by atoms with Crippen molar-refractivity contribution in [3.8, 4) is 0 Å². The Morgan fingerprint density at radius 2 is 2.33 bits per heavy atom. The molecule has 0 saturated heterocycles.